The Bertz CT molecular complexity index is 627. The first-order chi connectivity index (χ1) is 8.99. The van der Waals surface area contributed by atoms with Gasteiger partial charge in [0, 0.05) is 16.6 Å². The molecular weight excluding hydrogens is 272 g/mol. The number of benzene rings is 1. The zero-order valence-corrected chi connectivity index (χ0v) is 10.6. The molecule has 1 heterocycles. The van der Waals surface area contributed by atoms with E-state index in [-0.39, 0.29) is 17.8 Å². The maximum Gasteiger partial charge on any atom is 0.251 e. The van der Waals surface area contributed by atoms with Gasteiger partial charge in [-0.3, -0.25) is 4.79 Å². The molecule has 1 aromatic carbocycles. The fourth-order valence-electron chi connectivity index (χ4n) is 1.54. The van der Waals surface area contributed by atoms with E-state index in [9.17, 15) is 13.6 Å². The number of carbonyl (C=O) groups is 1. The molecule has 0 saturated heterocycles. The van der Waals surface area contributed by atoms with Crippen molar-refractivity contribution in [3.05, 3.63) is 45.7 Å². The largest absolute Gasteiger partial charge is 0.398 e. The SMILES string of the molecule is NC(=O)c1cc(NCc2sccc2N)c(F)cc1F. The molecule has 0 spiro atoms. The van der Waals surface area contributed by atoms with E-state index in [0.717, 1.165) is 10.9 Å². The number of rotatable bonds is 4. The van der Waals surface area contributed by atoms with Crippen LogP contribution >= 0.6 is 11.3 Å². The van der Waals surface area contributed by atoms with Crippen molar-refractivity contribution < 1.29 is 13.6 Å². The van der Waals surface area contributed by atoms with Gasteiger partial charge in [-0.15, -0.1) is 11.3 Å². The van der Waals surface area contributed by atoms with Crippen molar-refractivity contribution in [2.75, 3.05) is 11.1 Å². The summed E-state index contributed by atoms with van der Waals surface area (Å²) in [4.78, 5) is 11.8. The van der Waals surface area contributed by atoms with Crippen molar-refractivity contribution in [3.63, 3.8) is 0 Å². The maximum atomic E-state index is 13.5. The molecule has 0 aliphatic heterocycles. The average molecular weight is 283 g/mol. The zero-order valence-electron chi connectivity index (χ0n) is 9.74. The summed E-state index contributed by atoms with van der Waals surface area (Å²) in [5, 5.41) is 4.57. The molecule has 0 saturated carbocycles. The van der Waals surface area contributed by atoms with E-state index in [1.165, 1.54) is 11.3 Å². The number of carbonyl (C=O) groups excluding carboxylic acids is 1. The molecule has 0 aliphatic carbocycles. The van der Waals surface area contributed by atoms with Crippen LogP contribution in [0.2, 0.25) is 0 Å². The Morgan fingerprint density at radius 3 is 2.63 bits per heavy atom. The third-order valence-electron chi connectivity index (χ3n) is 2.54. The van der Waals surface area contributed by atoms with Gasteiger partial charge in [-0.05, 0) is 17.5 Å². The van der Waals surface area contributed by atoms with Crippen LogP contribution in [0.3, 0.4) is 0 Å². The molecule has 1 amide bonds. The van der Waals surface area contributed by atoms with Crippen molar-refractivity contribution in [2.45, 2.75) is 6.54 Å². The van der Waals surface area contributed by atoms with Crippen LogP contribution in [0, 0.1) is 11.6 Å². The second kappa shape index (κ2) is 5.23. The minimum atomic E-state index is -0.980. The highest BCUT2D eigenvalue weighted by Gasteiger charge is 2.14. The van der Waals surface area contributed by atoms with E-state index in [1.807, 2.05) is 5.38 Å². The Morgan fingerprint density at radius 2 is 2.05 bits per heavy atom. The fourth-order valence-corrected chi connectivity index (χ4v) is 2.28. The van der Waals surface area contributed by atoms with Gasteiger partial charge in [0.1, 0.15) is 11.6 Å². The number of amides is 1. The Labute approximate surface area is 112 Å². The molecule has 2 aromatic rings. The topological polar surface area (TPSA) is 81.1 Å². The third-order valence-corrected chi connectivity index (χ3v) is 3.48. The number of nitrogen functional groups attached to an aromatic ring is 1. The van der Waals surface area contributed by atoms with E-state index in [1.54, 1.807) is 6.07 Å². The second-order valence-electron chi connectivity index (χ2n) is 3.83. The van der Waals surface area contributed by atoms with Gasteiger partial charge in [0.25, 0.3) is 5.91 Å². The second-order valence-corrected chi connectivity index (χ2v) is 4.83. The van der Waals surface area contributed by atoms with E-state index in [2.05, 4.69) is 5.32 Å². The number of hydrogen-bond acceptors (Lipinski definition) is 4. The van der Waals surface area contributed by atoms with E-state index in [4.69, 9.17) is 11.5 Å². The molecule has 0 aliphatic rings. The van der Waals surface area contributed by atoms with E-state index < -0.39 is 17.5 Å². The van der Waals surface area contributed by atoms with Crippen molar-refractivity contribution in [1.82, 2.24) is 0 Å². The van der Waals surface area contributed by atoms with Gasteiger partial charge < -0.3 is 16.8 Å². The normalized spacial score (nSPS) is 10.4. The van der Waals surface area contributed by atoms with Crippen LogP contribution in [0.5, 0.6) is 0 Å². The molecule has 0 fully saturated rings. The van der Waals surface area contributed by atoms with Gasteiger partial charge in [-0.1, -0.05) is 0 Å². The van der Waals surface area contributed by atoms with Crippen LogP contribution in [0.25, 0.3) is 0 Å². The number of nitrogens with two attached hydrogens (primary N) is 2. The monoisotopic (exact) mass is 283 g/mol. The van der Waals surface area contributed by atoms with E-state index in [0.29, 0.717) is 11.8 Å². The summed E-state index contributed by atoms with van der Waals surface area (Å²) >= 11 is 1.41. The lowest BCUT2D eigenvalue weighted by Crippen LogP contribution is -2.14. The van der Waals surface area contributed by atoms with Gasteiger partial charge >= 0.3 is 0 Å². The Balaban J connectivity index is 2.23. The van der Waals surface area contributed by atoms with Crippen LogP contribution in [-0.4, -0.2) is 5.91 Å². The molecule has 2 rings (SSSR count). The first-order valence-electron chi connectivity index (χ1n) is 5.33. The molecule has 1 aromatic heterocycles. The highest BCUT2D eigenvalue weighted by Crippen LogP contribution is 2.23. The van der Waals surface area contributed by atoms with Crippen LogP contribution < -0.4 is 16.8 Å². The van der Waals surface area contributed by atoms with Crippen LogP contribution in [0.1, 0.15) is 15.2 Å². The minimum Gasteiger partial charge on any atom is -0.398 e. The number of halogens is 2. The number of anilines is 2. The van der Waals surface area contributed by atoms with Gasteiger partial charge in [-0.25, -0.2) is 8.78 Å². The molecule has 5 N–H and O–H groups in total. The van der Waals surface area contributed by atoms with Crippen LogP contribution in [-0.2, 0) is 6.54 Å². The summed E-state index contributed by atoms with van der Waals surface area (Å²) in [6, 6.07) is 3.41. The number of primary amides is 1. The highest BCUT2D eigenvalue weighted by molar-refractivity contribution is 7.10. The Morgan fingerprint density at radius 1 is 1.32 bits per heavy atom. The van der Waals surface area contributed by atoms with E-state index >= 15 is 0 Å². The summed E-state index contributed by atoms with van der Waals surface area (Å²) in [6.45, 7) is 0.282. The maximum absolute atomic E-state index is 13.5. The predicted molar refractivity (Wildman–Crippen MR) is 70.9 cm³/mol. The molecule has 100 valence electrons. The Hall–Kier alpha value is -2.15. The van der Waals surface area contributed by atoms with Crippen molar-refractivity contribution >= 4 is 28.6 Å². The number of thiophene rings is 1. The average Bonchev–Trinajstić information content (AvgIpc) is 2.73. The lowest BCUT2D eigenvalue weighted by molar-refractivity contribution is 0.0996. The summed E-state index contributed by atoms with van der Waals surface area (Å²) in [5.74, 6) is -2.72. The van der Waals surface area contributed by atoms with Gasteiger partial charge in [0.15, 0.2) is 0 Å². The molecule has 0 atom stereocenters. The molecular formula is C12H11F2N3OS. The summed E-state index contributed by atoms with van der Waals surface area (Å²) in [5.41, 5.74) is 10.9. The quantitative estimate of drug-likeness (QED) is 0.805. The van der Waals surface area contributed by atoms with Gasteiger partial charge in [0.05, 0.1) is 17.8 Å². The molecule has 4 nitrogen and oxygen atoms in total. The number of hydrogen-bond donors (Lipinski definition) is 3. The minimum absolute atomic E-state index is 0.00278. The third kappa shape index (κ3) is 2.82. The Kier molecular flexibility index (Phi) is 3.66. The molecule has 7 heteroatoms. The van der Waals surface area contributed by atoms with Crippen LogP contribution in [0.4, 0.5) is 20.2 Å². The predicted octanol–water partition coefficient (Wildman–Crippen LogP) is 2.32. The summed E-state index contributed by atoms with van der Waals surface area (Å²) in [7, 11) is 0. The zero-order chi connectivity index (χ0) is 14.0. The van der Waals surface area contributed by atoms with Gasteiger partial charge in [0.2, 0.25) is 0 Å². The first kappa shape index (κ1) is 13.3. The standard InChI is InChI=1S/C12H11F2N3OS/c13-7-4-8(14)10(3-6(7)12(16)18)17-5-11-9(15)1-2-19-11/h1-4,17H,5,15H2,(H2,16,18). The number of nitrogens with one attached hydrogen (secondary N) is 1. The lowest BCUT2D eigenvalue weighted by atomic mass is 10.1. The summed E-state index contributed by atoms with van der Waals surface area (Å²) in [6.07, 6.45) is 0. The molecule has 0 bridgehead atoms. The molecule has 19 heavy (non-hydrogen) atoms. The van der Waals surface area contributed by atoms with Crippen LogP contribution in [0.15, 0.2) is 23.6 Å². The molecule has 0 radical (unpaired) electrons. The highest BCUT2D eigenvalue weighted by atomic mass is 32.1. The summed E-state index contributed by atoms with van der Waals surface area (Å²) < 4.78 is 26.8. The molecule has 0 unspecified atom stereocenters. The first-order valence-corrected chi connectivity index (χ1v) is 6.21. The van der Waals surface area contributed by atoms with Crippen molar-refractivity contribution in [3.8, 4) is 0 Å². The smallest absolute Gasteiger partial charge is 0.251 e. The lowest BCUT2D eigenvalue weighted by Gasteiger charge is -2.09. The van der Waals surface area contributed by atoms with Crippen molar-refractivity contribution in [1.29, 1.82) is 0 Å². The van der Waals surface area contributed by atoms with Gasteiger partial charge in [-0.2, -0.15) is 0 Å². The van der Waals surface area contributed by atoms with Crippen molar-refractivity contribution in [2.24, 2.45) is 5.73 Å². The fraction of sp³-hybridized carbons (Fsp3) is 0.0833.